The Morgan fingerprint density at radius 3 is 2.38 bits per heavy atom. The van der Waals surface area contributed by atoms with Crippen molar-refractivity contribution in [1.29, 1.82) is 0 Å². The smallest absolute Gasteiger partial charge is 0.222 e. The second-order valence-electron chi connectivity index (χ2n) is 6.32. The van der Waals surface area contributed by atoms with Crippen molar-refractivity contribution in [1.82, 2.24) is 14.8 Å². The number of rotatable bonds is 6. The zero-order valence-corrected chi connectivity index (χ0v) is 14.1. The molecule has 1 saturated heterocycles. The molecule has 1 amide bonds. The Hall–Kier alpha value is -2.20. The Morgan fingerprint density at radius 1 is 0.917 bits per heavy atom. The molecule has 0 unspecified atom stereocenters. The highest BCUT2D eigenvalue weighted by molar-refractivity contribution is 5.76. The van der Waals surface area contributed by atoms with Crippen LogP contribution in [0.4, 0.5) is 0 Å². The van der Waals surface area contributed by atoms with Crippen LogP contribution in [0.1, 0.15) is 17.5 Å². The number of aromatic nitrogens is 1. The molecule has 1 aliphatic heterocycles. The number of pyridine rings is 1. The predicted octanol–water partition coefficient (Wildman–Crippen LogP) is 2.40. The Kier molecular flexibility index (Phi) is 5.96. The predicted molar refractivity (Wildman–Crippen MR) is 95.7 cm³/mol. The molecule has 0 spiro atoms. The van der Waals surface area contributed by atoms with E-state index in [2.05, 4.69) is 40.2 Å². The molecular formula is C20H25N3O. The average molecular weight is 323 g/mol. The number of carbonyl (C=O) groups is 1. The lowest BCUT2D eigenvalue weighted by Crippen LogP contribution is -2.49. The van der Waals surface area contributed by atoms with Crippen molar-refractivity contribution in [2.45, 2.75) is 19.3 Å². The molecular weight excluding hydrogens is 298 g/mol. The van der Waals surface area contributed by atoms with E-state index in [-0.39, 0.29) is 5.91 Å². The molecule has 1 aromatic heterocycles. The molecule has 2 heterocycles. The van der Waals surface area contributed by atoms with Crippen molar-refractivity contribution < 1.29 is 4.79 Å². The van der Waals surface area contributed by atoms with Gasteiger partial charge in [0, 0.05) is 51.5 Å². The summed E-state index contributed by atoms with van der Waals surface area (Å²) in [6.45, 7) is 4.72. The number of amides is 1. The lowest BCUT2D eigenvalue weighted by atomic mass is 10.1. The summed E-state index contributed by atoms with van der Waals surface area (Å²) < 4.78 is 0. The third-order valence-corrected chi connectivity index (χ3v) is 4.63. The van der Waals surface area contributed by atoms with E-state index in [9.17, 15) is 4.79 Å². The van der Waals surface area contributed by atoms with Gasteiger partial charge in [-0.05, 0) is 30.0 Å². The highest BCUT2D eigenvalue weighted by Gasteiger charge is 2.20. The number of aryl methyl sites for hydroxylation is 1. The van der Waals surface area contributed by atoms with Crippen molar-refractivity contribution in [3.8, 4) is 0 Å². The molecule has 1 aromatic carbocycles. The lowest BCUT2D eigenvalue weighted by Gasteiger charge is -2.34. The molecule has 1 fully saturated rings. The second-order valence-corrected chi connectivity index (χ2v) is 6.32. The molecule has 4 heteroatoms. The summed E-state index contributed by atoms with van der Waals surface area (Å²) in [5.41, 5.74) is 2.51. The lowest BCUT2D eigenvalue weighted by molar-refractivity contribution is -0.132. The van der Waals surface area contributed by atoms with Gasteiger partial charge >= 0.3 is 0 Å². The van der Waals surface area contributed by atoms with Gasteiger partial charge in [-0.25, -0.2) is 0 Å². The fourth-order valence-electron chi connectivity index (χ4n) is 3.11. The van der Waals surface area contributed by atoms with Gasteiger partial charge in [-0.2, -0.15) is 0 Å². The average Bonchev–Trinajstić information content (AvgIpc) is 2.66. The van der Waals surface area contributed by atoms with Crippen LogP contribution < -0.4 is 0 Å². The first-order chi connectivity index (χ1) is 11.8. The maximum Gasteiger partial charge on any atom is 0.222 e. The van der Waals surface area contributed by atoms with Crippen LogP contribution in [0, 0.1) is 0 Å². The summed E-state index contributed by atoms with van der Waals surface area (Å²) in [7, 11) is 0. The summed E-state index contributed by atoms with van der Waals surface area (Å²) in [6, 6.07) is 14.5. The van der Waals surface area contributed by atoms with Gasteiger partial charge in [-0.15, -0.1) is 0 Å². The molecule has 1 aliphatic rings. The molecule has 126 valence electrons. The first-order valence-electron chi connectivity index (χ1n) is 8.74. The Balaban J connectivity index is 1.37. The number of piperazine rings is 1. The minimum Gasteiger partial charge on any atom is -0.340 e. The van der Waals surface area contributed by atoms with Crippen molar-refractivity contribution in [2.75, 3.05) is 32.7 Å². The van der Waals surface area contributed by atoms with Gasteiger partial charge in [0.05, 0.1) is 0 Å². The molecule has 0 N–H and O–H groups in total. The summed E-state index contributed by atoms with van der Waals surface area (Å²) in [5.74, 6) is 0.265. The number of nitrogens with zero attached hydrogens (tertiary/aromatic N) is 3. The summed E-state index contributed by atoms with van der Waals surface area (Å²) >= 11 is 0. The molecule has 0 saturated carbocycles. The van der Waals surface area contributed by atoms with Gasteiger partial charge in [0.2, 0.25) is 5.91 Å². The Morgan fingerprint density at radius 2 is 1.67 bits per heavy atom. The van der Waals surface area contributed by atoms with Crippen LogP contribution in [0.25, 0.3) is 0 Å². The molecule has 2 aromatic rings. The Labute approximate surface area is 144 Å². The van der Waals surface area contributed by atoms with Crippen LogP contribution in [0.15, 0.2) is 54.9 Å². The van der Waals surface area contributed by atoms with E-state index in [1.54, 1.807) is 6.20 Å². The molecule has 4 nitrogen and oxygen atoms in total. The largest absolute Gasteiger partial charge is 0.340 e. The molecule has 3 rings (SSSR count). The van der Waals surface area contributed by atoms with Gasteiger partial charge in [0.25, 0.3) is 0 Å². The fraction of sp³-hybridized carbons (Fsp3) is 0.400. The van der Waals surface area contributed by atoms with Crippen LogP contribution in [-0.4, -0.2) is 53.4 Å². The third-order valence-electron chi connectivity index (χ3n) is 4.63. The van der Waals surface area contributed by atoms with Gasteiger partial charge in [-0.1, -0.05) is 36.4 Å². The monoisotopic (exact) mass is 323 g/mol. The van der Waals surface area contributed by atoms with Crippen LogP contribution in [-0.2, 0) is 17.6 Å². The van der Waals surface area contributed by atoms with Crippen molar-refractivity contribution >= 4 is 5.91 Å². The van der Waals surface area contributed by atoms with Crippen molar-refractivity contribution in [2.24, 2.45) is 0 Å². The summed E-state index contributed by atoms with van der Waals surface area (Å²) in [5, 5.41) is 0. The minimum atomic E-state index is 0.265. The second kappa shape index (κ2) is 8.60. The van der Waals surface area contributed by atoms with E-state index in [1.165, 1.54) is 5.56 Å². The Bertz CT molecular complexity index is 622. The van der Waals surface area contributed by atoms with Crippen molar-refractivity contribution in [3.63, 3.8) is 0 Å². The number of carbonyl (C=O) groups excluding carboxylic acids is 1. The quantitative estimate of drug-likeness (QED) is 0.819. The maximum absolute atomic E-state index is 12.3. The van der Waals surface area contributed by atoms with Gasteiger partial charge in [-0.3, -0.25) is 14.7 Å². The maximum atomic E-state index is 12.3. The number of hydrogen-bond donors (Lipinski definition) is 0. The van der Waals surface area contributed by atoms with E-state index >= 15 is 0 Å². The number of hydrogen-bond acceptors (Lipinski definition) is 3. The fourth-order valence-corrected chi connectivity index (χ4v) is 3.11. The van der Waals surface area contributed by atoms with Gasteiger partial charge in [0.15, 0.2) is 0 Å². The summed E-state index contributed by atoms with van der Waals surface area (Å²) in [6.07, 6.45) is 6.04. The third kappa shape index (κ3) is 4.90. The van der Waals surface area contributed by atoms with E-state index in [4.69, 9.17) is 0 Å². The summed E-state index contributed by atoms with van der Waals surface area (Å²) in [4.78, 5) is 20.9. The van der Waals surface area contributed by atoms with Crippen LogP contribution >= 0.6 is 0 Å². The standard InChI is InChI=1S/C20H25N3O/c24-20(9-8-19-7-4-11-21-17-19)23-15-13-22(14-16-23)12-10-18-5-2-1-3-6-18/h1-7,11,17H,8-10,12-16H2. The molecule has 0 radical (unpaired) electrons. The molecule has 0 aliphatic carbocycles. The van der Waals surface area contributed by atoms with E-state index in [1.807, 2.05) is 23.2 Å². The normalized spacial score (nSPS) is 15.4. The van der Waals surface area contributed by atoms with Crippen LogP contribution in [0.3, 0.4) is 0 Å². The van der Waals surface area contributed by atoms with Crippen molar-refractivity contribution in [3.05, 3.63) is 66.0 Å². The first-order valence-corrected chi connectivity index (χ1v) is 8.74. The minimum absolute atomic E-state index is 0.265. The van der Waals surface area contributed by atoms with E-state index in [0.29, 0.717) is 6.42 Å². The highest BCUT2D eigenvalue weighted by atomic mass is 16.2. The van der Waals surface area contributed by atoms with E-state index < -0.39 is 0 Å². The van der Waals surface area contributed by atoms with Gasteiger partial charge < -0.3 is 4.90 Å². The van der Waals surface area contributed by atoms with Crippen LogP contribution in [0.5, 0.6) is 0 Å². The number of benzene rings is 1. The highest BCUT2D eigenvalue weighted by Crippen LogP contribution is 2.08. The van der Waals surface area contributed by atoms with E-state index in [0.717, 1.165) is 51.1 Å². The first kappa shape index (κ1) is 16.7. The SMILES string of the molecule is O=C(CCc1cccnc1)N1CCN(CCc2ccccc2)CC1. The topological polar surface area (TPSA) is 36.4 Å². The zero-order chi connectivity index (χ0) is 16.6. The molecule has 0 bridgehead atoms. The molecule has 0 atom stereocenters. The molecule has 24 heavy (non-hydrogen) atoms. The van der Waals surface area contributed by atoms with Crippen LogP contribution in [0.2, 0.25) is 0 Å². The zero-order valence-electron chi connectivity index (χ0n) is 14.1. The van der Waals surface area contributed by atoms with Gasteiger partial charge in [0.1, 0.15) is 0 Å².